The molecule has 0 saturated heterocycles. The number of benzene rings is 1. The van der Waals surface area contributed by atoms with Gasteiger partial charge in [-0.05, 0) is 36.2 Å². The van der Waals surface area contributed by atoms with Gasteiger partial charge in [-0.1, -0.05) is 78.7 Å². The zero-order chi connectivity index (χ0) is 26.6. The molecule has 5 aromatic rings. The van der Waals surface area contributed by atoms with E-state index in [4.69, 9.17) is 17.0 Å². The number of halogens is 1. The molecule has 0 bridgehead atoms. The Morgan fingerprint density at radius 2 is 1.97 bits per heavy atom. The third-order valence-corrected chi connectivity index (χ3v) is 8.37. The summed E-state index contributed by atoms with van der Waals surface area (Å²) in [5.74, 6) is 0.0874. The van der Waals surface area contributed by atoms with Gasteiger partial charge < -0.3 is 4.57 Å². The van der Waals surface area contributed by atoms with Crippen LogP contribution in [-0.2, 0) is 12.3 Å². The molecule has 0 spiro atoms. The van der Waals surface area contributed by atoms with Gasteiger partial charge in [-0.15, -0.1) is 10.2 Å². The molecule has 1 amide bonds. The quantitative estimate of drug-likeness (QED) is 0.107. The van der Waals surface area contributed by atoms with Crippen LogP contribution in [0.4, 0.5) is 5.13 Å². The van der Waals surface area contributed by atoms with E-state index in [1.165, 1.54) is 33.6 Å². The second-order valence-corrected chi connectivity index (χ2v) is 11.2. The summed E-state index contributed by atoms with van der Waals surface area (Å²) in [6.45, 7) is 2.57. The van der Waals surface area contributed by atoms with E-state index in [0.29, 0.717) is 38.1 Å². The standard InChI is InChI=1S/C26H24ClN7O2S2/c1-2-3-7-13-34-21(28)17(14-18-22(34)29-20-11-6-8-12-33(20)24(18)36)23(35)30-25-31-32-26(38-25)37-15-16-9-4-5-10-19(16)27/h4-6,8-12,14,28H,2-3,7,13,15H2,1H3,(H,30,31,35). The molecule has 5 rings (SSSR count). The smallest absolute Gasteiger partial charge is 0.267 e. The molecule has 0 aliphatic rings. The van der Waals surface area contributed by atoms with E-state index < -0.39 is 5.91 Å². The van der Waals surface area contributed by atoms with Crippen LogP contribution in [0.25, 0.3) is 16.7 Å². The van der Waals surface area contributed by atoms with Gasteiger partial charge in [0.2, 0.25) is 5.13 Å². The van der Waals surface area contributed by atoms with Crippen molar-refractivity contribution in [2.75, 3.05) is 5.32 Å². The maximum atomic E-state index is 13.3. The van der Waals surface area contributed by atoms with E-state index in [1.54, 1.807) is 22.9 Å². The second kappa shape index (κ2) is 11.5. The molecule has 2 N–H and O–H groups in total. The van der Waals surface area contributed by atoms with E-state index in [1.807, 2.05) is 30.3 Å². The van der Waals surface area contributed by atoms with Crippen molar-refractivity contribution in [3.8, 4) is 0 Å². The van der Waals surface area contributed by atoms with Gasteiger partial charge in [0.25, 0.3) is 11.5 Å². The van der Waals surface area contributed by atoms with Crippen LogP contribution >= 0.6 is 34.7 Å². The molecular weight excluding hydrogens is 542 g/mol. The highest BCUT2D eigenvalue weighted by molar-refractivity contribution is 8.00. The summed E-state index contributed by atoms with van der Waals surface area (Å²) in [5, 5.41) is 21.1. The zero-order valence-electron chi connectivity index (χ0n) is 20.5. The first-order valence-electron chi connectivity index (χ1n) is 12.1. The maximum Gasteiger partial charge on any atom is 0.267 e. The van der Waals surface area contributed by atoms with Gasteiger partial charge in [-0.3, -0.25) is 24.7 Å². The van der Waals surface area contributed by atoms with Crippen molar-refractivity contribution in [3.63, 3.8) is 0 Å². The van der Waals surface area contributed by atoms with E-state index in [0.717, 1.165) is 24.8 Å². The Labute approximate surface area is 231 Å². The Kier molecular flexibility index (Phi) is 7.87. The summed E-state index contributed by atoms with van der Waals surface area (Å²) in [4.78, 5) is 31.3. The van der Waals surface area contributed by atoms with Crippen LogP contribution in [-0.4, -0.2) is 30.1 Å². The summed E-state index contributed by atoms with van der Waals surface area (Å²) in [6, 6.07) is 14.3. The molecule has 0 saturated carbocycles. The fraction of sp³-hybridized carbons (Fsp3) is 0.231. The van der Waals surface area contributed by atoms with Gasteiger partial charge >= 0.3 is 0 Å². The first kappa shape index (κ1) is 26.1. The summed E-state index contributed by atoms with van der Waals surface area (Å²) in [7, 11) is 0. The van der Waals surface area contributed by atoms with E-state index in [-0.39, 0.29) is 22.0 Å². The topological polar surface area (TPSA) is 118 Å². The summed E-state index contributed by atoms with van der Waals surface area (Å²) in [6.07, 6.45) is 4.39. The van der Waals surface area contributed by atoms with Crippen LogP contribution in [0.3, 0.4) is 0 Å². The SMILES string of the molecule is CCCCCn1c(=N)c(C(=O)Nc2nnc(SCc3ccccc3Cl)s2)cc2c(=O)n3ccccc3nc21. The van der Waals surface area contributed by atoms with Gasteiger partial charge in [0, 0.05) is 23.5 Å². The van der Waals surface area contributed by atoms with E-state index >= 15 is 0 Å². The Morgan fingerprint density at radius 3 is 2.79 bits per heavy atom. The van der Waals surface area contributed by atoms with Crippen LogP contribution in [0.2, 0.25) is 5.02 Å². The number of fused-ring (bicyclic) bond motifs is 2. The average molecular weight is 566 g/mol. The molecule has 9 nitrogen and oxygen atoms in total. The molecule has 38 heavy (non-hydrogen) atoms. The first-order chi connectivity index (χ1) is 18.5. The van der Waals surface area contributed by atoms with Crippen LogP contribution in [0.1, 0.15) is 42.1 Å². The molecule has 0 aliphatic carbocycles. The predicted molar refractivity (Wildman–Crippen MR) is 151 cm³/mol. The monoisotopic (exact) mass is 565 g/mol. The van der Waals surface area contributed by atoms with E-state index in [9.17, 15) is 9.59 Å². The minimum atomic E-state index is -0.530. The predicted octanol–water partition coefficient (Wildman–Crippen LogP) is 5.37. The number of hydrogen-bond acceptors (Lipinski definition) is 8. The van der Waals surface area contributed by atoms with Crippen LogP contribution < -0.4 is 16.4 Å². The van der Waals surface area contributed by atoms with Crippen LogP contribution in [0.5, 0.6) is 0 Å². The molecule has 12 heteroatoms. The lowest BCUT2D eigenvalue weighted by Crippen LogP contribution is -2.32. The largest absolute Gasteiger partial charge is 0.310 e. The normalized spacial score (nSPS) is 11.3. The molecule has 0 atom stereocenters. The molecule has 0 unspecified atom stereocenters. The Bertz CT molecular complexity index is 1760. The van der Waals surface area contributed by atoms with Crippen molar-refractivity contribution >= 4 is 62.4 Å². The van der Waals surface area contributed by atoms with Gasteiger partial charge in [0.05, 0.1) is 10.9 Å². The Hall–Kier alpha value is -3.54. The number of unbranched alkanes of at least 4 members (excludes halogenated alkanes) is 2. The molecular formula is C26H24ClN7O2S2. The van der Waals surface area contributed by atoms with Crippen LogP contribution in [0, 0.1) is 5.41 Å². The lowest BCUT2D eigenvalue weighted by Gasteiger charge is -2.14. The number of aryl methyl sites for hydroxylation is 1. The number of amides is 1. The number of hydrogen-bond donors (Lipinski definition) is 2. The third kappa shape index (κ3) is 5.35. The average Bonchev–Trinajstić information content (AvgIpc) is 3.36. The number of rotatable bonds is 9. The van der Waals surface area contributed by atoms with Gasteiger partial charge in [0.1, 0.15) is 16.8 Å². The minimum Gasteiger partial charge on any atom is -0.310 e. The number of aromatic nitrogens is 5. The number of nitrogens with zero attached hydrogens (tertiary/aromatic N) is 5. The highest BCUT2D eigenvalue weighted by atomic mass is 35.5. The van der Waals surface area contributed by atoms with Crippen molar-refractivity contribution in [1.82, 2.24) is 24.1 Å². The fourth-order valence-electron chi connectivity index (χ4n) is 4.04. The maximum absolute atomic E-state index is 13.3. The third-order valence-electron chi connectivity index (χ3n) is 5.98. The van der Waals surface area contributed by atoms with Crippen molar-refractivity contribution in [1.29, 1.82) is 5.41 Å². The lowest BCUT2D eigenvalue weighted by atomic mass is 10.2. The fourth-order valence-corrected chi connectivity index (χ4v) is 6.07. The summed E-state index contributed by atoms with van der Waals surface area (Å²) < 4.78 is 3.77. The molecule has 4 heterocycles. The number of anilines is 1. The highest BCUT2D eigenvalue weighted by Gasteiger charge is 2.19. The van der Waals surface area contributed by atoms with Crippen molar-refractivity contribution in [3.05, 3.63) is 86.7 Å². The summed E-state index contributed by atoms with van der Waals surface area (Å²) >= 11 is 8.94. The van der Waals surface area contributed by atoms with Gasteiger partial charge in [-0.25, -0.2) is 4.98 Å². The number of nitrogens with one attached hydrogen (secondary N) is 2. The van der Waals surface area contributed by atoms with Gasteiger partial charge in [0.15, 0.2) is 4.34 Å². The van der Waals surface area contributed by atoms with Crippen molar-refractivity contribution in [2.45, 2.75) is 42.8 Å². The number of pyridine rings is 2. The molecule has 4 aromatic heterocycles. The Balaban J connectivity index is 1.46. The first-order valence-corrected chi connectivity index (χ1v) is 14.2. The number of thioether (sulfide) groups is 1. The van der Waals surface area contributed by atoms with Crippen LogP contribution in [0.15, 0.2) is 63.9 Å². The second-order valence-electron chi connectivity index (χ2n) is 8.56. The van der Waals surface area contributed by atoms with Crippen molar-refractivity contribution < 1.29 is 4.79 Å². The molecule has 1 aromatic carbocycles. The Morgan fingerprint density at radius 1 is 1.16 bits per heavy atom. The molecule has 0 fully saturated rings. The van der Waals surface area contributed by atoms with Crippen molar-refractivity contribution in [2.24, 2.45) is 0 Å². The van der Waals surface area contributed by atoms with Gasteiger partial charge in [-0.2, -0.15) is 0 Å². The lowest BCUT2D eigenvalue weighted by molar-refractivity contribution is 0.102. The highest BCUT2D eigenvalue weighted by Crippen LogP contribution is 2.30. The minimum absolute atomic E-state index is 0.00359. The number of carbonyl (C=O) groups excluding carboxylic acids is 1. The molecule has 0 aliphatic heterocycles. The molecule has 194 valence electrons. The number of carbonyl (C=O) groups is 1. The zero-order valence-corrected chi connectivity index (χ0v) is 22.9. The van der Waals surface area contributed by atoms with E-state index in [2.05, 4.69) is 27.4 Å². The molecule has 0 radical (unpaired) electrons. The summed E-state index contributed by atoms with van der Waals surface area (Å²) in [5.41, 5.74) is 1.64.